The first-order valence-corrected chi connectivity index (χ1v) is 10.2. The van der Waals surface area contributed by atoms with E-state index in [0.717, 1.165) is 38.3 Å². The summed E-state index contributed by atoms with van der Waals surface area (Å²) in [7, 11) is 1.77. The summed E-state index contributed by atoms with van der Waals surface area (Å²) in [6.45, 7) is 2.02. The number of nitrogens with one attached hydrogen (secondary N) is 2. The summed E-state index contributed by atoms with van der Waals surface area (Å²) >= 11 is 0. The van der Waals surface area contributed by atoms with Gasteiger partial charge in [0.15, 0.2) is 5.96 Å². The predicted molar refractivity (Wildman–Crippen MR) is 122 cm³/mol. The molecule has 0 spiro atoms. The molecule has 2 fully saturated rings. The summed E-state index contributed by atoms with van der Waals surface area (Å²) in [6.07, 6.45) is -0.232. The first-order chi connectivity index (χ1) is 13.4. The number of aliphatic imine (C=N–C) groups is 1. The third-order valence-electron chi connectivity index (χ3n) is 5.86. The summed E-state index contributed by atoms with van der Waals surface area (Å²) in [5, 5.41) is 6.76. The van der Waals surface area contributed by atoms with E-state index in [1.165, 1.54) is 16.9 Å². The number of piperidine rings is 1. The minimum absolute atomic E-state index is 0. The van der Waals surface area contributed by atoms with Gasteiger partial charge in [-0.1, -0.05) is 30.3 Å². The Morgan fingerprint density at radius 1 is 1.14 bits per heavy atom. The van der Waals surface area contributed by atoms with Crippen molar-refractivity contribution >= 4 is 29.9 Å². The van der Waals surface area contributed by atoms with Crippen LogP contribution < -0.4 is 10.6 Å². The molecule has 1 saturated carbocycles. The zero-order valence-corrected chi connectivity index (χ0v) is 19.2. The summed E-state index contributed by atoms with van der Waals surface area (Å²) in [5.41, 5.74) is 1.41. The molecule has 164 valence electrons. The topological polar surface area (TPSA) is 39.7 Å². The lowest BCUT2D eigenvalue weighted by Gasteiger charge is -2.32. The van der Waals surface area contributed by atoms with E-state index in [-0.39, 0.29) is 24.0 Å². The van der Waals surface area contributed by atoms with E-state index in [1.54, 1.807) is 7.05 Å². The van der Waals surface area contributed by atoms with Crippen molar-refractivity contribution in [3.05, 3.63) is 35.9 Å². The van der Waals surface area contributed by atoms with Gasteiger partial charge in [0.25, 0.3) is 0 Å². The van der Waals surface area contributed by atoms with Gasteiger partial charge in [-0.15, -0.1) is 24.0 Å². The van der Waals surface area contributed by atoms with Crippen LogP contribution >= 0.6 is 24.0 Å². The maximum atomic E-state index is 12.5. The van der Waals surface area contributed by atoms with Crippen molar-refractivity contribution in [1.82, 2.24) is 15.5 Å². The van der Waals surface area contributed by atoms with E-state index in [9.17, 15) is 13.2 Å². The molecule has 4 nitrogen and oxygen atoms in total. The van der Waals surface area contributed by atoms with Gasteiger partial charge < -0.3 is 10.6 Å². The molecule has 1 aromatic rings. The standard InChI is InChI=1S/C21H31F3N4.HI/c1-25-20(27-14-18-13-19(18)17-5-3-2-4-6-17)26-10-7-16-8-11-28(12-9-16)15-21(22,23)24;/h2-6,16,18-19H,7-15H2,1H3,(H2,25,26,27);1H. The van der Waals surface area contributed by atoms with Crippen molar-refractivity contribution in [2.24, 2.45) is 16.8 Å². The molecular formula is C21H32F3IN4. The van der Waals surface area contributed by atoms with Crippen LogP contribution in [0.2, 0.25) is 0 Å². The minimum Gasteiger partial charge on any atom is -0.356 e. The Kier molecular flexibility index (Phi) is 9.52. The molecule has 3 rings (SSSR count). The molecule has 8 heteroatoms. The van der Waals surface area contributed by atoms with Crippen LogP contribution in [0.3, 0.4) is 0 Å². The molecule has 2 unspecified atom stereocenters. The first-order valence-electron chi connectivity index (χ1n) is 10.2. The second-order valence-corrected chi connectivity index (χ2v) is 8.02. The fourth-order valence-electron chi connectivity index (χ4n) is 4.11. The van der Waals surface area contributed by atoms with E-state index in [1.807, 2.05) is 6.07 Å². The Balaban J connectivity index is 0.00000300. The van der Waals surface area contributed by atoms with Crippen LogP contribution in [0.1, 0.15) is 37.2 Å². The number of halogens is 4. The van der Waals surface area contributed by atoms with Gasteiger partial charge in [0.2, 0.25) is 0 Å². The molecule has 0 bridgehead atoms. The Morgan fingerprint density at radius 3 is 2.45 bits per heavy atom. The molecule has 1 aliphatic heterocycles. The van der Waals surface area contributed by atoms with Gasteiger partial charge in [0, 0.05) is 20.1 Å². The van der Waals surface area contributed by atoms with Crippen molar-refractivity contribution in [3.63, 3.8) is 0 Å². The molecule has 0 aromatic heterocycles. The van der Waals surface area contributed by atoms with Crippen molar-refractivity contribution in [3.8, 4) is 0 Å². The molecule has 2 N–H and O–H groups in total. The zero-order chi connectivity index (χ0) is 20.0. The second-order valence-electron chi connectivity index (χ2n) is 8.02. The third kappa shape index (κ3) is 8.32. The van der Waals surface area contributed by atoms with Crippen LogP contribution in [0.4, 0.5) is 13.2 Å². The van der Waals surface area contributed by atoms with Crippen molar-refractivity contribution in [2.75, 3.05) is 39.8 Å². The number of benzene rings is 1. The number of rotatable bonds is 7. The average molecular weight is 524 g/mol. The van der Waals surface area contributed by atoms with Gasteiger partial charge in [-0.3, -0.25) is 9.89 Å². The largest absolute Gasteiger partial charge is 0.401 e. The highest BCUT2D eigenvalue weighted by molar-refractivity contribution is 14.0. The number of nitrogens with zero attached hydrogens (tertiary/aromatic N) is 2. The van der Waals surface area contributed by atoms with Gasteiger partial charge in [0.1, 0.15) is 0 Å². The van der Waals surface area contributed by atoms with E-state index >= 15 is 0 Å². The van der Waals surface area contributed by atoms with Crippen LogP contribution in [0.5, 0.6) is 0 Å². The van der Waals surface area contributed by atoms with Crippen molar-refractivity contribution in [1.29, 1.82) is 0 Å². The number of alkyl halides is 3. The van der Waals surface area contributed by atoms with E-state index in [4.69, 9.17) is 0 Å². The van der Waals surface area contributed by atoms with Gasteiger partial charge >= 0.3 is 6.18 Å². The van der Waals surface area contributed by atoms with Gasteiger partial charge in [-0.2, -0.15) is 13.2 Å². The number of likely N-dealkylation sites (tertiary alicyclic amines) is 1. The number of hydrogen-bond acceptors (Lipinski definition) is 2. The molecular weight excluding hydrogens is 492 g/mol. The Bertz CT molecular complexity index is 631. The maximum absolute atomic E-state index is 12.5. The quantitative estimate of drug-likeness (QED) is 0.319. The van der Waals surface area contributed by atoms with Crippen LogP contribution in [-0.2, 0) is 0 Å². The predicted octanol–water partition coefficient (Wildman–Crippen LogP) is 4.24. The van der Waals surface area contributed by atoms with E-state index < -0.39 is 12.7 Å². The monoisotopic (exact) mass is 524 g/mol. The van der Waals surface area contributed by atoms with Crippen LogP contribution in [0, 0.1) is 11.8 Å². The van der Waals surface area contributed by atoms with Gasteiger partial charge in [-0.05, 0) is 62.1 Å². The lowest BCUT2D eigenvalue weighted by molar-refractivity contribution is -0.148. The second kappa shape index (κ2) is 11.4. The van der Waals surface area contributed by atoms with Crippen molar-refractivity contribution in [2.45, 2.75) is 37.8 Å². The first kappa shape index (κ1) is 24.2. The van der Waals surface area contributed by atoms with Crippen LogP contribution in [0.15, 0.2) is 35.3 Å². The number of guanidine groups is 1. The normalized spacial score (nSPS) is 23.4. The summed E-state index contributed by atoms with van der Waals surface area (Å²) in [4.78, 5) is 5.80. The lowest BCUT2D eigenvalue weighted by Crippen LogP contribution is -2.42. The molecule has 2 atom stereocenters. The molecule has 1 heterocycles. The maximum Gasteiger partial charge on any atom is 0.401 e. The molecule has 2 aliphatic rings. The fourth-order valence-corrected chi connectivity index (χ4v) is 4.11. The highest BCUT2D eigenvalue weighted by Crippen LogP contribution is 2.46. The van der Waals surface area contributed by atoms with Crippen molar-refractivity contribution < 1.29 is 13.2 Å². The highest BCUT2D eigenvalue weighted by Gasteiger charge is 2.37. The van der Waals surface area contributed by atoms with E-state index in [0.29, 0.717) is 30.8 Å². The zero-order valence-electron chi connectivity index (χ0n) is 16.9. The Labute approximate surface area is 188 Å². The highest BCUT2D eigenvalue weighted by atomic mass is 127. The van der Waals surface area contributed by atoms with Crippen LogP contribution in [0.25, 0.3) is 0 Å². The molecule has 0 amide bonds. The molecule has 1 aliphatic carbocycles. The Morgan fingerprint density at radius 2 is 1.83 bits per heavy atom. The molecule has 0 radical (unpaired) electrons. The number of hydrogen-bond donors (Lipinski definition) is 2. The SMILES string of the molecule is CN=C(NCCC1CCN(CC(F)(F)F)CC1)NCC1CC1c1ccccc1.I. The van der Waals surface area contributed by atoms with E-state index in [2.05, 4.69) is 39.9 Å². The lowest BCUT2D eigenvalue weighted by atomic mass is 9.93. The van der Waals surface area contributed by atoms with Crippen LogP contribution in [-0.4, -0.2) is 56.8 Å². The summed E-state index contributed by atoms with van der Waals surface area (Å²) < 4.78 is 37.4. The average Bonchev–Trinajstić information content (AvgIpc) is 3.45. The molecule has 29 heavy (non-hydrogen) atoms. The molecule has 1 saturated heterocycles. The third-order valence-corrected chi connectivity index (χ3v) is 5.86. The molecule has 1 aromatic carbocycles. The fraction of sp³-hybridized carbons (Fsp3) is 0.667. The van der Waals surface area contributed by atoms with Gasteiger partial charge in [-0.25, -0.2) is 0 Å². The summed E-state index contributed by atoms with van der Waals surface area (Å²) in [5.74, 6) is 2.60. The summed E-state index contributed by atoms with van der Waals surface area (Å²) in [6, 6.07) is 10.6. The minimum atomic E-state index is -4.09. The smallest absolute Gasteiger partial charge is 0.356 e. The Hall–Kier alpha value is -1.03. The van der Waals surface area contributed by atoms with Gasteiger partial charge in [0.05, 0.1) is 6.54 Å².